The lowest BCUT2D eigenvalue weighted by atomic mass is 10.1. The zero-order chi connectivity index (χ0) is 78.3. The lowest BCUT2D eigenvalue weighted by Crippen LogP contribution is -2.15. The Kier molecular flexibility index (Phi) is 22.7. The number of rotatable bonds is 28. The lowest BCUT2D eigenvalue weighted by Gasteiger charge is -2.14. The predicted molar refractivity (Wildman–Crippen MR) is 352 cm³/mol. The van der Waals surface area contributed by atoms with Crippen molar-refractivity contribution in [1.29, 1.82) is 0 Å². The van der Waals surface area contributed by atoms with E-state index in [0.717, 1.165) is 60.7 Å². The third kappa shape index (κ3) is 20.1. The summed E-state index contributed by atoms with van der Waals surface area (Å²) in [7, 11) is -52.5. The summed E-state index contributed by atoms with van der Waals surface area (Å²) < 4.78 is 349. The number of nitrogens with one attached hydrogen (secondary N) is 2. The van der Waals surface area contributed by atoms with Gasteiger partial charge in [0.2, 0.25) is 11.9 Å². The largest absolute Gasteiger partial charge is 0.505 e. The normalized spacial score (nSPS) is 13.4. The second kappa shape index (κ2) is 29.5. The molecule has 1 aromatic heterocycles. The summed E-state index contributed by atoms with van der Waals surface area (Å²) in [5.74, 6) is -4.66. The third-order valence-corrected chi connectivity index (χ3v) is 22.7. The van der Waals surface area contributed by atoms with E-state index in [2.05, 4.69) is 74.9 Å². The number of aromatic hydroxyl groups is 1. The van der Waals surface area contributed by atoms with Gasteiger partial charge in [-0.15, -0.1) is 35.8 Å². The Morgan fingerprint density at radius 2 is 0.781 bits per heavy atom. The first kappa shape index (κ1) is 80.7. The second-order valence-electron chi connectivity index (χ2n) is 20.2. The molecule has 47 nitrogen and oxygen atoms in total. The minimum absolute atomic E-state index is 0.0118. The Balaban J connectivity index is 1.18. The molecule has 7 aromatic carbocycles. The molecule has 0 aliphatic heterocycles. The van der Waals surface area contributed by atoms with Gasteiger partial charge in [-0.2, -0.15) is 91.8 Å². The Bertz CT molecular complexity index is 6310. The van der Waals surface area contributed by atoms with Crippen LogP contribution >= 0.6 is 0 Å². The molecular formula is C47H41FN16O31S10. The first-order valence-electron chi connectivity index (χ1n) is 26.6. The third-order valence-electron chi connectivity index (χ3n) is 13.0. The SMILES string of the molecule is Nc1c(N=Nc2cc(Nc3nc(F)nc(Nc4ccc(S(=O)(=O)CCOS(=O)(=O)O)cc4)n3)ccc2S(=O)(=O)O)cc(S(=O)(=O)O)c(N)c1N=Nc1cc(N=Nc2c(S(=O)(=O)O)cc3cc(S(=O)(=O)O)c(N=Nc4ccc(S(=O)(=O)CCOS(=O)(=O)O)cc4)c(N)c3c2O)c(S(=O)(=O)O)cc1S(=O)(=O)O. The van der Waals surface area contributed by atoms with E-state index >= 15 is 0 Å². The van der Waals surface area contributed by atoms with Crippen molar-refractivity contribution in [3.8, 4) is 5.75 Å². The molecule has 0 bridgehead atoms. The summed E-state index contributed by atoms with van der Waals surface area (Å²) in [5, 5.41) is 43.7. The Morgan fingerprint density at radius 1 is 0.381 bits per heavy atom. The van der Waals surface area contributed by atoms with Crippen molar-refractivity contribution < 1.29 is 138 Å². The van der Waals surface area contributed by atoms with Gasteiger partial charge in [0.05, 0.1) is 62.6 Å². The highest BCUT2D eigenvalue weighted by Crippen LogP contribution is 2.50. The van der Waals surface area contributed by atoms with Gasteiger partial charge in [-0.1, -0.05) is 0 Å². The molecule has 0 fully saturated rings. The van der Waals surface area contributed by atoms with Crippen LogP contribution in [0.25, 0.3) is 10.8 Å². The molecule has 17 N–H and O–H groups in total. The number of nitrogen functional groups attached to an aromatic ring is 3. The Labute approximate surface area is 588 Å². The minimum Gasteiger partial charge on any atom is -0.505 e. The van der Waals surface area contributed by atoms with Crippen molar-refractivity contribution in [3.05, 3.63) is 103 Å². The summed E-state index contributed by atoms with van der Waals surface area (Å²) in [6, 6.07) is 11.4. The van der Waals surface area contributed by atoms with Gasteiger partial charge in [0.1, 0.15) is 69.2 Å². The van der Waals surface area contributed by atoms with Crippen LogP contribution in [0, 0.1) is 6.08 Å². The van der Waals surface area contributed by atoms with E-state index in [1.54, 1.807) is 0 Å². The van der Waals surface area contributed by atoms with Gasteiger partial charge < -0.3 is 32.9 Å². The number of sulfone groups is 2. The molecule has 0 radical (unpaired) electrons. The standard InChI is InChI=1S/C47H41FN16O31S10/c48-45-54-46(52-22-1-6-25(7-2-22)96(66,67)13-11-94-104(88,89)90)56-47(55-45)53-24-5-10-31(98(70,71)72)27(17-24)58-61-30-19-34(101(79,80)81)39(50)43(38(30)49)64-60-29-18-28(32(99(73,74)75)20-33(29)100(76,77)78)59-63-42-36(103(85,86)87)16-21-15-35(102(82,83)84)41(40(51)37(21)44(42)65)62-57-23-3-8-26(9-4-23)97(68,69)14-12-95-105(91,92)93/h1-10,15-20,65H,11-14,49-51H2,(H,70,71,72)(H,73,74,75)(H,76,77,78)(H,79,80,81)(H,82,83,84)(H,85,86,87)(H,88,89,90)(H,91,92,93)(H2,52,53,54,55,56). The molecular weight excluding hydrogens is 1620 g/mol. The van der Waals surface area contributed by atoms with Crippen LogP contribution in [0.15, 0.2) is 177 Å². The van der Waals surface area contributed by atoms with Crippen LogP contribution < -0.4 is 27.8 Å². The van der Waals surface area contributed by atoms with Crippen LogP contribution in [0.2, 0.25) is 0 Å². The number of azo groups is 4. The maximum atomic E-state index is 14.8. The monoisotopic (exact) mass is 1660 g/mol. The lowest BCUT2D eigenvalue weighted by molar-refractivity contribution is 0.282. The number of halogens is 1. The summed E-state index contributed by atoms with van der Waals surface area (Å²) >= 11 is 0. The summed E-state index contributed by atoms with van der Waals surface area (Å²) in [4.78, 5) is 1.28. The molecule has 105 heavy (non-hydrogen) atoms. The summed E-state index contributed by atoms with van der Waals surface area (Å²) in [5.41, 5.74) is 6.12. The fourth-order valence-corrected chi connectivity index (χ4v) is 15.4. The number of phenolic OH excluding ortho intramolecular Hbond substituents is 1. The molecule has 562 valence electrons. The quantitative estimate of drug-likeness (QED) is 0.0165. The van der Waals surface area contributed by atoms with E-state index in [4.69, 9.17) is 26.3 Å². The van der Waals surface area contributed by atoms with Crippen molar-refractivity contribution in [1.82, 2.24) is 15.0 Å². The first-order valence-corrected chi connectivity index (χ1v) is 41.3. The number of nitrogens with zero attached hydrogens (tertiary/aromatic N) is 11. The molecule has 0 saturated carbocycles. The van der Waals surface area contributed by atoms with E-state index in [1.165, 1.54) is 0 Å². The number of aromatic nitrogens is 3. The zero-order valence-electron chi connectivity index (χ0n) is 50.7. The molecule has 1 heterocycles. The van der Waals surface area contributed by atoms with E-state index in [9.17, 15) is 121 Å². The zero-order valence-corrected chi connectivity index (χ0v) is 58.8. The van der Waals surface area contributed by atoms with Gasteiger partial charge in [0.25, 0.3) is 60.7 Å². The topological polar surface area (TPSA) is 782 Å². The highest BCUT2D eigenvalue weighted by molar-refractivity contribution is 7.92. The molecule has 0 saturated heterocycles. The van der Waals surface area contributed by atoms with Crippen molar-refractivity contribution in [2.75, 3.05) is 52.6 Å². The molecule has 0 unspecified atom stereocenters. The van der Waals surface area contributed by atoms with Gasteiger partial charge in [0, 0.05) is 11.4 Å². The molecule has 0 atom stereocenters. The van der Waals surface area contributed by atoms with Crippen LogP contribution in [-0.4, -0.2) is 165 Å². The van der Waals surface area contributed by atoms with Crippen molar-refractivity contribution in [3.63, 3.8) is 0 Å². The van der Waals surface area contributed by atoms with Gasteiger partial charge >= 0.3 is 26.9 Å². The summed E-state index contributed by atoms with van der Waals surface area (Å²) in [6.45, 7) is -1.97. The molecule has 58 heteroatoms. The van der Waals surface area contributed by atoms with E-state index in [-0.39, 0.29) is 34.1 Å². The number of phenols is 1. The number of hydrogen-bond donors (Lipinski definition) is 14. The Morgan fingerprint density at radius 3 is 1.25 bits per heavy atom. The number of fused-ring (bicyclic) bond motifs is 1. The van der Waals surface area contributed by atoms with Crippen molar-refractivity contribution in [2.45, 2.75) is 39.2 Å². The smallest absolute Gasteiger partial charge is 0.397 e. The van der Waals surface area contributed by atoms with E-state index in [0.29, 0.717) is 24.3 Å². The maximum absolute atomic E-state index is 14.8. The Hall–Kier alpha value is -9.96. The minimum atomic E-state index is -5.88. The van der Waals surface area contributed by atoms with Gasteiger partial charge in [-0.3, -0.25) is 36.4 Å². The van der Waals surface area contributed by atoms with Gasteiger partial charge in [-0.25, -0.2) is 25.2 Å². The van der Waals surface area contributed by atoms with Crippen molar-refractivity contribution >= 4 is 198 Å². The maximum Gasteiger partial charge on any atom is 0.397 e. The van der Waals surface area contributed by atoms with E-state index < -0.39 is 252 Å². The van der Waals surface area contributed by atoms with Crippen LogP contribution in [0.5, 0.6) is 5.75 Å². The molecule has 0 aliphatic rings. The highest BCUT2D eigenvalue weighted by atomic mass is 32.3. The first-order chi connectivity index (χ1) is 48.1. The second-order valence-corrected chi connectivity index (χ2v) is 34.9. The molecule has 0 spiro atoms. The molecule has 8 aromatic rings. The number of nitrogens with two attached hydrogens (primary N) is 3. The predicted octanol–water partition coefficient (Wildman–Crippen LogP) is 5.43. The van der Waals surface area contributed by atoms with Crippen LogP contribution in [0.4, 0.5) is 90.2 Å². The average molecular weight is 1670 g/mol. The fourth-order valence-electron chi connectivity index (χ4n) is 8.51. The van der Waals surface area contributed by atoms with Gasteiger partial charge in [-0.05, 0) is 102 Å². The molecule has 8 rings (SSSR count). The molecule has 0 aliphatic carbocycles. The van der Waals surface area contributed by atoms with Crippen LogP contribution in [0.3, 0.4) is 0 Å². The number of anilines is 7. The van der Waals surface area contributed by atoms with Crippen molar-refractivity contribution in [2.24, 2.45) is 40.9 Å². The van der Waals surface area contributed by atoms with Crippen LogP contribution in [-0.2, 0) is 110 Å². The van der Waals surface area contributed by atoms with Crippen LogP contribution in [0.1, 0.15) is 0 Å². The van der Waals surface area contributed by atoms with Gasteiger partial charge in [0.15, 0.2) is 25.4 Å². The fraction of sp³-hybridized carbons (Fsp3) is 0.0851. The average Bonchev–Trinajstić information content (AvgIpc) is 0.743. The number of hydrogen-bond acceptors (Lipinski definition) is 39. The number of benzene rings is 7. The molecule has 0 amide bonds. The van der Waals surface area contributed by atoms with E-state index in [1.807, 2.05) is 0 Å². The highest BCUT2D eigenvalue weighted by Gasteiger charge is 2.32. The summed E-state index contributed by atoms with van der Waals surface area (Å²) in [6.07, 6.45) is -1.48.